The third-order valence-corrected chi connectivity index (χ3v) is 4.61. The standard InChI is InChI=1S/C18H15NO5/c20-18(12-1-2-14-15(6-12)22-9-21-14)19-4-3-11-5-16-17(24-10-23-16)7-13(11)8-19/h1-2,5-7H,3-4,8-10H2. The number of carbonyl (C=O) groups excluding carboxylic acids is 1. The lowest BCUT2D eigenvalue weighted by molar-refractivity contribution is 0.0734. The highest BCUT2D eigenvalue weighted by atomic mass is 16.7. The van der Waals surface area contributed by atoms with Crippen molar-refractivity contribution < 1.29 is 23.7 Å². The van der Waals surface area contributed by atoms with Crippen LogP contribution in [0.15, 0.2) is 30.3 Å². The zero-order chi connectivity index (χ0) is 16.1. The molecule has 0 unspecified atom stereocenters. The largest absolute Gasteiger partial charge is 0.454 e. The summed E-state index contributed by atoms with van der Waals surface area (Å²) < 4.78 is 21.5. The summed E-state index contributed by atoms with van der Waals surface area (Å²) in [6.45, 7) is 1.72. The molecule has 6 heteroatoms. The van der Waals surface area contributed by atoms with Crippen molar-refractivity contribution in [2.75, 3.05) is 20.1 Å². The van der Waals surface area contributed by atoms with Crippen LogP contribution in [0.4, 0.5) is 0 Å². The summed E-state index contributed by atoms with van der Waals surface area (Å²) in [4.78, 5) is 14.7. The molecule has 0 bridgehead atoms. The van der Waals surface area contributed by atoms with Crippen molar-refractivity contribution in [3.63, 3.8) is 0 Å². The van der Waals surface area contributed by atoms with Gasteiger partial charge in [-0.3, -0.25) is 4.79 Å². The molecule has 0 aliphatic carbocycles. The second-order valence-electron chi connectivity index (χ2n) is 6.02. The first-order valence-electron chi connectivity index (χ1n) is 7.88. The SMILES string of the molecule is O=C(c1ccc2c(c1)OCO2)N1CCc2cc3c(cc2C1)OCO3. The third kappa shape index (κ3) is 2.06. The number of amides is 1. The van der Waals surface area contributed by atoms with E-state index in [9.17, 15) is 4.79 Å². The summed E-state index contributed by atoms with van der Waals surface area (Å²) in [6.07, 6.45) is 0.808. The molecule has 3 heterocycles. The van der Waals surface area contributed by atoms with Crippen molar-refractivity contribution in [1.29, 1.82) is 0 Å². The van der Waals surface area contributed by atoms with Gasteiger partial charge in [0.15, 0.2) is 23.0 Å². The summed E-state index contributed by atoms with van der Waals surface area (Å²) >= 11 is 0. The Bertz CT molecular complexity index is 848. The lowest BCUT2D eigenvalue weighted by atomic mass is 9.98. The van der Waals surface area contributed by atoms with Crippen molar-refractivity contribution in [2.24, 2.45) is 0 Å². The Hall–Kier alpha value is -2.89. The van der Waals surface area contributed by atoms with Crippen LogP contribution in [0.1, 0.15) is 21.5 Å². The number of hydrogen-bond acceptors (Lipinski definition) is 5. The highest BCUT2D eigenvalue weighted by Gasteiger charge is 2.26. The fraction of sp³-hybridized carbons (Fsp3) is 0.278. The van der Waals surface area contributed by atoms with Crippen molar-refractivity contribution in [2.45, 2.75) is 13.0 Å². The highest BCUT2D eigenvalue weighted by Crippen LogP contribution is 2.37. The predicted octanol–water partition coefficient (Wildman–Crippen LogP) is 2.34. The first kappa shape index (κ1) is 13.5. The summed E-state index contributed by atoms with van der Waals surface area (Å²) in [5.41, 5.74) is 2.94. The normalized spacial score (nSPS) is 16.9. The molecule has 1 amide bonds. The van der Waals surface area contributed by atoms with Gasteiger partial charge in [-0.25, -0.2) is 0 Å². The Labute approximate surface area is 138 Å². The maximum Gasteiger partial charge on any atom is 0.254 e. The van der Waals surface area contributed by atoms with Crippen LogP contribution < -0.4 is 18.9 Å². The van der Waals surface area contributed by atoms with Crippen molar-refractivity contribution in [1.82, 2.24) is 4.90 Å². The van der Waals surface area contributed by atoms with E-state index in [1.807, 2.05) is 17.0 Å². The number of rotatable bonds is 1. The van der Waals surface area contributed by atoms with Crippen LogP contribution in [0, 0.1) is 0 Å². The van der Waals surface area contributed by atoms with Crippen LogP contribution in [-0.4, -0.2) is 30.9 Å². The molecule has 6 nitrogen and oxygen atoms in total. The minimum Gasteiger partial charge on any atom is -0.454 e. The average molecular weight is 325 g/mol. The van der Waals surface area contributed by atoms with Gasteiger partial charge in [0.2, 0.25) is 13.6 Å². The fourth-order valence-corrected chi connectivity index (χ4v) is 3.33. The van der Waals surface area contributed by atoms with Gasteiger partial charge in [-0.15, -0.1) is 0 Å². The molecule has 0 atom stereocenters. The van der Waals surface area contributed by atoms with E-state index in [0.717, 1.165) is 23.5 Å². The molecular weight excluding hydrogens is 310 g/mol. The number of benzene rings is 2. The Morgan fingerprint density at radius 2 is 1.50 bits per heavy atom. The van der Waals surface area contributed by atoms with E-state index in [-0.39, 0.29) is 19.5 Å². The lowest BCUT2D eigenvalue weighted by Gasteiger charge is -2.29. The Balaban J connectivity index is 1.41. The molecule has 0 N–H and O–H groups in total. The molecule has 0 radical (unpaired) electrons. The molecule has 0 saturated carbocycles. The van der Waals surface area contributed by atoms with Gasteiger partial charge in [0.05, 0.1) is 0 Å². The number of fused-ring (bicyclic) bond motifs is 3. The molecule has 3 aliphatic rings. The summed E-state index contributed by atoms with van der Waals surface area (Å²) in [7, 11) is 0. The van der Waals surface area contributed by atoms with Crippen LogP contribution in [0.2, 0.25) is 0 Å². The average Bonchev–Trinajstić information content (AvgIpc) is 3.26. The van der Waals surface area contributed by atoms with Crippen LogP contribution in [-0.2, 0) is 13.0 Å². The van der Waals surface area contributed by atoms with E-state index >= 15 is 0 Å². The fourth-order valence-electron chi connectivity index (χ4n) is 3.33. The van der Waals surface area contributed by atoms with Crippen LogP contribution in [0.5, 0.6) is 23.0 Å². The van der Waals surface area contributed by atoms with Gasteiger partial charge in [-0.1, -0.05) is 0 Å². The summed E-state index contributed by atoms with van der Waals surface area (Å²) in [6, 6.07) is 9.33. The van der Waals surface area contributed by atoms with Crippen molar-refractivity contribution >= 4 is 5.91 Å². The van der Waals surface area contributed by atoms with E-state index in [2.05, 4.69) is 0 Å². The van der Waals surface area contributed by atoms with Crippen molar-refractivity contribution in [3.05, 3.63) is 47.0 Å². The summed E-state index contributed by atoms with van der Waals surface area (Å²) in [5, 5.41) is 0. The van der Waals surface area contributed by atoms with E-state index in [1.54, 1.807) is 18.2 Å². The first-order chi connectivity index (χ1) is 11.8. The zero-order valence-corrected chi connectivity index (χ0v) is 12.9. The Morgan fingerprint density at radius 3 is 2.29 bits per heavy atom. The van der Waals surface area contributed by atoms with Crippen LogP contribution in [0.25, 0.3) is 0 Å². The monoisotopic (exact) mass is 325 g/mol. The van der Waals surface area contributed by atoms with Gasteiger partial charge in [0, 0.05) is 18.7 Å². The minimum absolute atomic E-state index is 0.00313. The zero-order valence-electron chi connectivity index (χ0n) is 12.9. The number of carbonyl (C=O) groups is 1. The van der Waals surface area contributed by atoms with Gasteiger partial charge >= 0.3 is 0 Å². The molecule has 122 valence electrons. The first-order valence-corrected chi connectivity index (χ1v) is 7.88. The molecule has 0 fully saturated rings. The van der Waals surface area contributed by atoms with Gasteiger partial charge in [-0.05, 0) is 47.9 Å². The molecule has 0 saturated heterocycles. The van der Waals surface area contributed by atoms with E-state index in [1.165, 1.54) is 5.56 Å². The molecule has 24 heavy (non-hydrogen) atoms. The topological polar surface area (TPSA) is 57.2 Å². The molecule has 0 spiro atoms. The number of nitrogens with zero attached hydrogens (tertiary/aromatic N) is 1. The molecular formula is C18H15NO5. The van der Waals surface area contributed by atoms with Gasteiger partial charge in [0.25, 0.3) is 5.91 Å². The van der Waals surface area contributed by atoms with E-state index in [4.69, 9.17) is 18.9 Å². The maximum absolute atomic E-state index is 12.8. The molecule has 5 rings (SSSR count). The van der Waals surface area contributed by atoms with E-state index in [0.29, 0.717) is 30.2 Å². The molecule has 3 aliphatic heterocycles. The smallest absolute Gasteiger partial charge is 0.254 e. The highest BCUT2D eigenvalue weighted by molar-refractivity contribution is 5.95. The molecule has 0 aromatic heterocycles. The van der Waals surface area contributed by atoms with E-state index < -0.39 is 0 Å². The second-order valence-corrected chi connectivity index (χ2v) is 6.02. The Morgan fingerprint density at radius 1 is 0.833 bits per heavy atom. The minimum atomic E-state index is -0.00313. The van der Waals surface area contributed by atoms with Gasteiger partial charge in [-0.2, -0.15) is 0 Å². The second kappa shape index (κ2) is 5.06. The van der Waals surface area contributed by atoms with Crippen LogP contribution >= 0.6 is 0 Å². The third-order valence-electron chi connectivity index (χ3n) is 4.61. The maximum atomic E-state index is 12.8. The number of hydrogen-bond donors (Lipinski definition) is 0. The molecule has 2 aromatic carbocycles. The van der Waals surface area contributed by atoms with Gasteiger partial charge < -0.3 is 23.8 Å². The lowest BCUT2D eigenvalue weighted by Crippen LogP contribution is -2.35. The Kier molecular flexibility index (Phi) is 2.85. The van der Waals surface area contributed by atoms with Crippen molar-refractivity contribution in [3.8, 4) is 23.0 Å². The van der Waals surface area contributed by atoms with Crippen LogP contribution in [0.3, 0.4) is 0 Å². The number of ether oxygens (including phenoxy) is 4. The molecule has 2 aromatic rings. The van der Waals surface area contributed by atoms with Gasteiger partial charge in [0.1, 0.15) is 0 Å². The summed E-state index contributed by atoms with van der Waals surface area (Å²) in [5.74, 6) is 2.86. The quantitative estimate of drug-likeness (QED) is 0.805. The predicted molar refractivity (Wildman–Crippen MR) is 83.6 cm³/mol.